The molecular formula is C16H21NO3. The average molecular weight is 275 g/mol. The first-order valence-electron chi connectivity index (χ1n) is 7.17. The highest BCUT2D eigenvalue weighted by Gasteiger charge is 2.27. The third kappa shape index (κ3) is 3.18. The minimum absolute atomic E-state index is 0.0266. The van der Waals surface area contributed by atoms with Gasteiger partial charge in [0.15, 0.2) is 5.78 Å². The molecule has 1 aliphatic heterocycles. The van der Waals surface area contributed by atoms with E-state index >= 15 is 0 Å². The molecule has 4 nitrogen and oxygen atoms in total. The van der Waals surface area contributed by atoms with Crippen LogP contribution in [0.2, 0.25) is 0 Å². The molecule has 0 spiro atoms. The minimum Gasteiger partial charge on any atom is -0.493 e. The summed E-state index contributed by atoms with van der Waals surface area (Å²) in [4.78, 5) is 26.1. The van der Waals surface area contributed by atoms with Gasteiger partial charge in [0.05, 0.1) is 18.7 Å². The molecule has 0 radical (unpaired) electrons. The van der Waals surface area contributed by atoms with E-state index < -0.39 is 0 Å². The Morgan fingerprint density at radius 2 is 2.15 bits per heavy atom. The Hall–Kier alpha value is -1.84. The number of hydrogen-bond acceptors (Lipinski definition) is 3. The van der Waals surface area contributed by atoms with E-state index in [4.69, 9.17) is 4.74 Å². The topological polar surface area (TPSA) is 46.6 Å². The van der Waals surface area contributed by atoms with Gasteiger partial charge in [-0.15, -0.1) is 0 Å². The molecule has 108 valence electrons. The van der Waals surface area contributed by atoms with E-state index in [0.29, 0.717) is 24.5 Å². The number of Topliss-reactive ketones (excluding diaryl/α,β-unsaturated/α-hetero) is 1. The Kier molecular flexibility index (Phi) is 4.77. The monoisotopic (exact) mass is 275 g/mol. The van der Waals surface area contributed by atoms with E-state index in [1.165, 1.54) is 0 Å². The Morgan fingerprint density at radius 3 is 2.90 bits per heavy atom. The Balaban J connectivity index is 2.10. The van der Waals surface area contributed by atoms with Crippen molar-refractivity contribution in [2.45, 2.75) is 26.7 Å². The molecule has 20 heavy (non-hydrogen) atoms. The van der Waals surface area contributed by atoms with Gasteiger partial charge in [0.2, 0.25) is 5.91 Å². The quantitative estimate of drug-likeness (QED) is 0.776. The second-order valence-corrected chi connectivity index (χ2v) is 5.16. The number of likely N-dealkylation sites (tertiary alicyclic amines) is 1. The van der Waals surface area contributed by atoms with Crippen LogP contribution in [0.25, 0.3) is 0 Å². The molecular weight excluding hydrogens is 254 g/mol. The maximum absolute atomic E-state index is 12.4. The highest BCUT2D eigenvalue weighted by molar-refractivity contribution is 6.01. The zero-order valence-corrected chi connectivity index (χ0v) is 12.1. The molecule has 1 fully saturated rings. The fourth-order valence-corrected chi connectivity index (χ4v) is 2.53. The summed E-state index contributed by atoms with van der Waals surface area (Å²) in [7, 11) is 0. The van der Waals surface area contributed by atoms with Gasteiger partial charge in [-0.2, -0.15) is 0 Å². The maximum Gasteiger partial charge on any atom is 0.225 e. The fraction of sp³-hybridized carbons (Fsp3) is 0.500. The number of amides is 1. The van der Waals surface area contributed by atoms with Crippen LogP contribution in [-0.2, 0) is 4.79 Å². The molecule has 0 saturated carbocycles. The number of benzene rings is 1. The van der Waals surface area contributed by atoms with Crippen LogP contribution in [0.4, 0.5) is 0 Å². The van der Waals surface area contributed by atoms with Crippen LogP contribution in [-0.4, -0.2) is 36.3 Å². The molecule has 1 unspecified atom stereocenters. The number of carbonyl (C=O) groups is 2. The molecule has 0 aliphatic carbocycles. The normalized spacial score (nSPS) is 19.0. The molecule has 4 heteroatoms. The molecule has 1 amide bonds. The Bertz CT molecular complexity index is 498. The number of rotatable bonds is 5. The van der Waals surface area contributed by atoms with Gasteiger partial charge in [0.25, 0.3) is 0 Å². The summed E-state index contributed by atoms with van der Waals surface area (Å²) in [6, 6.07) is 7.20. The lowest BCUT2D eigenvalue weighted by Gasteiger charge is -2.30. The molecule has 1 saturated heterocycles. The predicted molar refractivity (Wildman–Crippen MR) is 76.9 cm³/mol. The van der Waals surface area contributed by atoms with Gasteiger partial charge in [-0.25, -0.2) is 0 Å². The van der Waals surface area contributed by atoms with Crippen LogP contribution < -0.4 is 4.74 Å². The van der Waals surface area contributed by atoms with Crippen molar-refractivity contribution >= 4 is 11.7 Å². The van der Waals surface area contributed by atoms with Gasteiger partial charge in [-0.1, -0.05) is 19.1 Å². The predicted octanol–water partition coefficient (Wildman–Crippen LogP) is 2.53. The molecule has 0 aromatic heterocycles. The number of para-hydroxylation sites is 1. The summed E-state index contributed by atoms with van der Waals surface area (Å²) in [6.45, 7) is 5.15. The van der Waals surface area contributed by atoms with Gasteiger partial charge in [-0.3, -0.25) is 9.59 Å². The van der Waals surface area contributed by atoms with E-state index in [-0.39, 0.29) is 24.2 Å². The van der Waals surface area contributed by atoms with Crippen molar-refractivity contribution in [1.82, 2.24) is 4.90 Å². The summed E-state index contributed by atoms with van der Waals surface area (Å²) in [5.41, 5.74) is 0.556. The minimum atomic E-state index is -0.0588. The summed E-state index contributed by atoms with van der Waals surface area (Å²) >= 11 is 0. The van der Waals surface area contributed by atoms with Crippen LogP contribution in [0, 0.1) is 5.92 Å². The largest absolute Gasteiger partial charge is 0.493 e. The second kappa shape index (κ2) is 6.55. The van der Waals surface area contributed by atoms with Crippen LogP contribution in [0.15, 0.2) is 24.3 Å². The zero-order chi connectivity index (χ0) is 14.5. The van der Waals surface area contributed by atoms with Crippen molar-refractivity contribution in [3.8, 4) is 5.75 Å². The number of nitrogens with zero attached hydrogens (tertiary/aromatic N) is 1. The molecule has 1 heterocycles. The highest BCUT2D eigenvalue weighted by Crippen LogP contribution is 2.21. The van der Waals surface area contributed by atoms with Crippen molar-refractivity contribution < 1.29 is 14.3 Å². The van der Waals surface area contributed by atoms with E-state index in [0.717, 1.165) is 12.8 Å². The molecule has 0 bridgehead atoms. The lowest BCUT2D eigenvalue weighted by Crippen LogP contribution is -2.43. The smallest absolute Gasteiger partial charge is 0.225 e. The van der Waals surface area contributed by atoms with Crippen LogP contribution in [0.3, 0.4) is 0 Å². The van der Waals surface area contributed by atoms with E-state index in [9.17, 15) is 9.59 Å². The van der Waals surface area contributed by atoms with Crippen molar-refractivity contribution in [2.24, 2.45) is 5.92 Å². The van der Waals surface area contributed by atoms with Crippen molar-refractivity contribution in [3.63, 3.8) is 0 Å². The first kappa shape index (κ1) is 14.6. The lowest BCUT2D eigenvalue weighted by molar-refractivity contribution is -0.137. The number of piperidine rings is 1. The highest BCUT2D eigenvalue weighted by atomic mass is 16.5. The fourth-order valence-electron chi connectivity index (χ4n) is 2.53. The van der Waals surface area contributed by atoms with Gasteiger partial charge in [0.1, 0.15) is 5.75 Å². The molecule has 1 atom stereocenters. The standard InChI is InChI=1S/C16H21NO3/c1-3-20-15-9-5-4-8-13(15)14(18)11-17-10-6-7-12(2)16(17)19/h4-5,8-9,12H,3,6-7,10-11H2,1-2H3. The van der Waals surface area contributed by atoms with Gasteiger partial charge in [-0.05, 0) is 31.9 Å². The van der Waals surface area contributed by atoms with E-state index in [1.54, 1.807) is 17.0 Å². The van der Waals surface area contributed by atoms with Crippen molar-refractivity contribution in [3.05, 3.63) is 29.8 Å². The third-order valence-corrected chi connectivity index (χ3v) is 3.62. The van der Waals surface area contributed by atoms with Gasteiger partial charge >= 0.3 is 0 Å². The van der Waals surface area contributed by atoms with Crippen LogP contribution in [0.1, 0.15) is 37.0 Å². The molecule has 2 rings (SSSR count). The summed E-state index contributed by atoms with van der Waals surface area (Å²) in [5, 5.41) is 0. The molecule has 0 N–H and O–H groups in total. The first-order chi connectivity index (χ1) is 9.63. The Labute approximate surface area is 119 Å². The second-order valence-electron chi connectivity index (χ2n) is 5.16. The van der Waals surface area contributed by atoms with Gasteiger partial charge < -0.3 is 9.64 Å². The summed E-state index contributed by atoms with van der Waals surface area (Å²) < 4.78 is 5.47. The average Bonchev–Trinajstić information content (AvgIpc) is 2.45. The third-order valence-electron chi connectivity index (χ3n) is 3.62. The van der Waals surface area contributed by atoms with E-state index in [1.807, 2.05) is 26.0 Å². The number of hydrogen-bond donors (Lipinski definition) is 0. The summed E-state index contributed by atoms with van der Waals surface area (Å²) in [6.07, 6.45) is 1.88. The molecule has 1 aromatic carbocycles. The Morgan fingerprint density at radius 1 is 1.40 bits per heavy atom. The van der Waals surface area contributed by atoms with Crippen LogP contribution in [0.5, 0.6) is 5.75 Å². The van der Waals surface area contributed by atoms with Gasteiger partial charge in [0, 0.05) is 12.5 Å². The number of carbonyl (C=O) groups excluding carboxylic acids is 2. The SMILES string of the molecule is CCOc1ccccc1C(=O)CN1CCCC(C)C1=O. The summed E-state index contributed by atoms with van der Waals surface area (Å²) in [5.74, 6) is 0.645. The van der Waals surface area contributed by atoms with Crippen molar-refractivity contribution in [1.29, 1.82) is 0 Å². The first-order valence-corrected chi connectivity index (χ1v) is 7.17. The molecule has 1 aliphatic rings. The number of ether oxygens (including phenoxy) is 1. The van der Waals surface area contributed by atoms with E-state index in [2.05, 4.69) is 0 Å². The number of ketones is 1. The molecule has 1 aromatic rings. The van der Waals surface area contributed by atoms with Crippen LogP contribution >= 0.6 is 0 Å². The lowest BCUT2D eigenvalue weighted by atomic mass is 9.98. The van der Waals surface area contributed by atoms with Crippen molar-refractivity contribution in [2.75, 3.05) is 19.7 Å². The zero-order valence-electron chi connectivity index (χ0n) is 12.1. The maximum atomic E-state index is 12.4.